The van der Waals surface area contributed by atoms with Crippen molar-refractivity contribution in [3.8, 4) is 6.07 Å². The largest absolute Gasteiger partial charge is 0.479 e. The summed E-state index contributed by atoms with van der Waals surface area (Å²) in [6, 6.07) is 6.15. The van der Waals surface area contributed by atoms with Gasteiger partial charge in [0.25, 0.3) is 0 Å². The molecule has 1 aromatic rings. The van der Waals surface area contributed by atoms with Gasteiger partial charge >= 0.3 is 12.1 Å². The van der Waals surface area contributed by atoms with Gasteiger partial charge in [-0.1, -0.05) is 13.0 Å². The molecule has 1 rings (SSSR count). The van der Waals surface area contributed by atoms with E-state index in [1.165, 1.54) is 23.9 Å². The highest BCUT2D eigenvalue weighted by Gasteiger charge is 2.57. The first-order chi connectivity index (χ1) is 9.67. The fourth-order valence-electron chi connectivity index (χ4n) is 1.54. The molecule has 1 unspecified atom stereocenters. The van der Waals surface area contributed by atoms with Crippen LogP contribution in [-0.2, 0) is 4.79 Å². The Morgan fingerprint density at radius 2 is 2.10 bits per heavy atom. The van der Waals surface area contributed by atoms with Crippen molar-refractivity contribution in [2.75, 3.05) is 11.1 Å². The summed E-state index contributed by atoms with van der Waals surface area (Å²) in [4.78, 5) is 11.5. The summed E-state index contributed by atoms with van der Waals surface area (Å²) in [6.45, 7) is 2.36. The van der Waals surface area contributed by atoms with Gasteiger partial charge in [0.15, 0.2) is 0 Å². The molecule has 0 amide bonds. The fourth-order valence-corrected chi connectivity index (χ4v) is 2.33. The zero-order valence-electron chi connectivity index (χ0n) is 11.3. The molecule has 8 heteroatoms. The number of nitriles is 1. The minimum absolute atomic E-state index is 0.000995. The normalized spacial score (nSPS) is 14.1. The van der Waals surface area contributed by atoms with Gasteiger partial charge in [0, 0.05) is 4.90 Å². The smallest absolute Gasteiger partial charge is 0.422 e. The molecule has 0 saturated carbocycles. The van der Waals surface area contributed by atoms with Crippen LogP contribution < -0.4 is 5.32 Å². The number of aliphatic carboxylic acids is 1. The first kappa shape index (κ1) is 17.2. The summed E-state index contributed by atoms with van der Waals surface area (Å²) in [5.74, 6) is -1.43. The lowest BCUT2D eigenvalue weighted by Crippen LogP contribution is -2.55. The Morgan fingerprint density at radius 3 is 2.52 bits per heavy atom. The first-order valence-corrected chi connectivity index (χ1v) is 6.90. The topological polar surface area (TPSA) is 73.1 Å². The second kappa shape index (κ2) is 6.26. The van der Waals surface area contributed by atoms with E-state index in [4.69, 9.17) is 10.4 Å². The summed E-state index contributed by atoms with van der Waals surface area (Å²) in [5.41, 5.74) is -3.33. The molecule has 0 aliphatic carbocycles. The van der Waals surface area contributed by atoms with Crippen molar-refractivity contribution >= 4 is 23.4 Å². The highest BCUT2D eigenvalue weighted by molar-refractivity contribution is 7.99. The number of halogens is 3. The lowest BCUT2D eigenvalue weighted by atomic mass is 10.0. The SMILES string of the molecule is CCSc1cccc(NC(C)(C(=O)O)C(F)(F)F)c1C#N. The number of hydrogen-bond acceptors (Lipinski definition) is 4. The van der Waals surface area contributed by atoms with Crippen molar-refractivity contribution in [3.63, 3.8) is 0 Å². The maximum absolute atomic E-state index is 13.0. The average molecular weight is 318 g/mol. The molecule has 0 radical (unpaired) electrons. The van der Waals surface area contributed by atoms with Gasteiger partial charge in [-0.15, -0.1) is 11.8 Å². The molecule has 0 fully saturated rings. The van der Waals surface area contributed by atoms with Crippen LogP contribution in [0.25, 0.3) is 0 Å². The highest BCUT2D eigenvalue weighted by Crippen LogP contribution is 2.36. The Labute approximate surface area is 124 Å². The lowest BCUT2D eigenvalue weighted by Gasteiger charge is -2.30. The quantitative estimate of drug-likeness (QED) is 0.813. The minimum Gasteiger partial charge on any atom is -0.479 e. The number of carboxylic acids is 1. The Morgan fingerprint density at radius 1 is 1.48 bits per heavy atom. The van der Waals surface area contributed by atoms with E-state index in [1.54, 1.807) is 6.07 Å². The molecule has 1 aromatic carbocycles. The van der Waals surface area contributed by atoms with Crippen molar-refractivity contribution < 1.29 is 23.1 Å². The molecule has 0 aliphatic heterocycles. The van der Waals surface area contributed by atoms with Crippen LogP contribution in [0.3, 0.4) is 0 Å². The molecule has 4 nitrogen and oxygen atoms in total. The van der Waals surface area contributed by atoms with E-state index >= 15 is 0 Å². The number of thioether (sulfide) groups is 1. The van der Waals surface area contributed by atoms with Gasteiger partial charge in [0.05, 0.1) is 11.3 Å². The molecular weight excluding hydrogens is 305 g/mol. The van der Waals surface area contributed by atoms with Crippen molar-refractivity contribution in [3.05, 3.63) is 23.8 Å². The van der Waals surface area contributed by atoms with Gasteiger partial charge in [-0.3, -0.25) is 0 Å². The van der Waals surface area contributed by atoms with E-state index in [2.05, 4.69) is 0 Å². The third kappa shape index (κ3) is 3.42. The summed E-state index contributed by atoms with van der Waals surface area (Å²) in [7, 11) is 0. The summed E-state index contributed by atoms with van der Waals surface area (Å²) in [6.07, 6.45) is -5.01. The van der Waals surface area contributed by atoms with Crippen LogP contribution in [0, 0.1) is 11.3 Å². The monoisotopic (exact) mass is 318 g/mol. The number of carbonyl (C=O) groups is 1. The van der Waals surface area contributed by atoms with Crippen LogP contribution >= 0.6 is 11.8 Å². The van der Waals surface area contributed by atoms with Crippen LogP contribution in [0.2, 0.25) is 0 Å². The Hall–Kier alpha value is -1.88. The van der Waals surface area contributed by atoms with Crippen molar-refractivity contribution in [1.82, 2.24) is 0 Å². The third-order valence-corrected chi connectivity index (χ3v) is 3.76. The van der Waals surface area contributed by atoms with Gasteiger partial charge in [-0.2, -0.15) is 18.4 Å². The molecule has 0 bridgehead atoms. The van der Waals surface area contributed by atoms with Gasteiger partial charge in [0.1, 0.15) is 6.07 Å². The Balaban J connectivity index is 3.32. The molecule has 0 heterocycles. The zero-order valence-corrected chi connectivity index (χ0v) is 12.1. The summed E-state index contributed by atoms with van der Waals surface area (Å²) in [5, 5.41) is 20.0. The molecule has 21 heavy (non-hydrogen) atoms. The third-order valence-electron chi connectivity index (χ3n) is 2.82. The predicted octanol–water partition coefficient (Wildman–Crippen LogP) is 3.49. The van der Waals surface area contributed by atoms with Crippen molar-refractivity contribution in [1.29, 1.82) is 5.26 Å². The number of hydrogen-bond donors (Lipinski definition) is 2. The van der Waals surface area contributed by atoms with E-state index in [9.17, 15) is 18.0 Å². The Bertz CT molecular complexity index is 584. The van der Waals surface area contributed by atoms with E-state index in [1.807, 2.05) is 18.3 Å². The number of rotatable bonds is 5. The number of nitrogens with zero attached hydrogens (tertiary/aromatic N) is 1. The molecule has 1 atom stereocenters. The number of nitrogens with one attached hydrogen (secondary N) is 1. The van der Waals surface area contributed by atoms with E-state index in [0.717, 1.165) is 0 Å². The van der Waals surface area contributed by atoms with Gasteiger partial charge < -0.3 is 10.4 Å². The number of carboxylic acid groups (broad SMARTS) is 1. The van der Waals surface area contributed by atoms with Crippen LogP contribution in [0.15, 0.2) is 23.1 Å². The molecular formula is C13H13F3N2O2S. The maximum Gasteiger partial charge on any atom is 0.422 e. The average Bonchev–Trinajstić information content (AvgIpc) is 2.37. The summed E-state index contributed by atoms with van der Waals surface area (Å²) < 4.78 is 39.0. The van der Waals surface area contributed by atoms with E-state index in [-0.39, 0.29) is 11.3 Å². The van der Waals surface area contributed by atoms with Crippen LogP contribution in [0.5, 0.6) is 0 Å². The van der Waals surface area contributed by atoms with Gasteiger partial charge in [-0.05, 0) is 24.8 Å². The number of benzene rings is 1. The van der Waals surface area contributed by atoms with Gasteiger partial charge in [0.2, 0.25) is 5.54 Å². The maximum atomic E-state index is 13.0. The minimum atomic E-state index is -5.01. The lowest BCUT2D eigenvalue weighted by molar-refractivity contribution is -0.192. The Kier molecular flexibility index (Phi) is 5.12. The second-order valence-corrected chi connectivity index (χ2v) is 5.58. The van der Waals surface area contributed by atoms with E-state index in [0.29, 0.717) is 17.6 Å². The van der Waals surface area contributed by atoms with Crippen LogP contribution in [-0.4, -0.2) is 28.5 Å². The van der Waals surface area contributed by atoms with Gasteiger partial charge in [-0.25, -0.2) is 4.79 Å². The summed E-state index contributed by atoms with van der Waals surface area (Å²) >= 11 is 1.29. The molecule has 0 spiro atoms. The van der Waals surface area contributed by atoms with Crippen molar-refractivity contribution in [2.45, 2.75) is 30.5 Å². The predicted molar refractivity (Wildman–Crippen MR) is 73.3 cm³/mol. The molecule has 0 saturated heterocycles. The zero-order chi connectivity index (χ0) is 16.3. The number of anilines is 1. The fraction of sp³-hybridized carbons (Fsp3) is 0.385. The molecule has 0 aliphatic rings. The van der Waals surface area contributed by atoms with Crippen LogP contribution in [0.4, 0.5) is 18.9 Å². The number of alkyl halides is 3. The molecule has 0 aromatic heterocycles. The molecule has 2 N–H and O–H groups in total. The van der Waals surface area contributed by atoms with E-state index < -0.39 is 17.7 Å². The second-order valence-electron chi connectivity index (χ2n) is 4.28. The standard InChI is InChI=1S/C13H13F3N2O2S/c1-3-21-10-6-4-5-9(8(10)7-17)18-12(2,11(19)20)13(14,15)16/h4-6,18H,3H2,1-2H3,(H,19,20). The first-order valence-electron chi connectivity index (χ1n) is 5.91. The van der Waals surface area contributed by atoms with Crippen molar-refractivity contribution in [2.24, 2.45) is 0 Å². The highest BCUT2D eigenvalue weighted by atomic mass is 32.2. The van der Waals surface area contributed by atoms with Crippen LogP contribution in [0.1, 0.15) is 19.4 Å². The molecule has 114 valence electrons.